The van der Waals surface area contributed by atoms with Crippen molar-refractivity contribution in [3.63, 3.8) is 0 Å². The largest absolute Gasteiger partial charge is 0.493 e. The molecule has 0 aliphatic carbocycles. The van der Waals surface area contributed by atoms with Crippen LogP contribution in [0.1, 0.15) is 24.9 Å². The van der Waals surface area contributed by atoms with Gasteiger partial charge in [0.2, 0.25) is 0 Å². The van der Waals surface area contributed by atoms with E-state index in [9.17, 15) is 0 Å². The maximum absolute atomic E-state index is 5.74. The number of nitrogens with one attached hydrogen (secondary N) is 1. The molecule has 0 aromatic heterocycles. The summed E-state index contributed by atoms with van der Waals surface area (Å²) in [6.07, 6.45) is 3.16. The Balaban J connectivity index is 2.68. The van der Waals surface area contributed by atoms with E-state index in [-0.39, 0.29) is 0 Å². The second-order valence-corrected chi connectivity index (χ2v) is 5.10. The molecule has 3 nitrogen and oxygen atoms in total. The van der Waals surface area contributed by atoms with Crippen molar-refractivity contribution in [3.8, 4) is 11.5 Å². The van der Waals surface area contributed by atoms with E-state index >= 15 is 0 Å². The van der Waals surface area contributed by atoms with Crippen molar-refractivity contribution in [2.45, 2.75) is 19.4 Å². The number of benzene rings is 1. The molecule has 0 spiro atoms. The quantitative estimate of drug-likeness (QED) is 0.735. The number of thioether (sulfide) groups is 1. The number of hydrogen-bond acceptors (Lipinski definition) is 4. The SMILES string of the molecule is CNC(C)c1ccc(OCCCSC)c(OC)c1. The summed E-state index contributed by atoms with van der Waals surface area (Å²) in [7, 11) is 3.63. The van der Waals surface area contributed by atoms with Gasteiger partial charge in [-0.05, 0) is 50.1 Å². The minimum atomic E-state index is 0.310. The predicted molar refractivity (Wildman–Crippen MR) is 79.0 cm³/mol. The standard InChI is InChI=1S/C14H23NO2S/c1-11(15-2)12-6-7-13(14(10-12)16-3)17-8-5-9-18-4/h6-7,10-11,15H,5,8-9H2,1-4H3. The maximum atomic E-state index is 5.74. The lowest BCUT2D eigenvalue weighted by atomic mass is 10.1. The van der Waals surface area contributed by atoms with Gasteiger partial charge >= 0.3 is 0 Å². The summed E-state index contributed by atoms with van der Waals surface area (Å²) in [5, 5.41) is 3.21. The molecule has 1 N–H and O–H groups in total. The smallest absolute Gasteiger partial charge is 0.161 e. The molecular formula is C14H23NO2S. The minimum absolute atomic E-state index is 0.310. The first-order valence-corrected chi connectivity index (χ1v) is 7.59. The van der Waals surface area contributed by atoms with Crippen LogP contribution in [0, 0.1) is 0 Å². The lowest BCUT2D eigenvalue weighted by Crippen LogP contribution is -2.12. The van der Waals surface area contributed by atoms with Gasteiger partial charge in [0.25, 0.3) is 0 Å². The highest BCUT2D eigenvalue weighted by Gasteiger charge is 2.09. The monoisotopic (exact) mass is 269 g/mol. The van der Waals surface area contributed by atoms with Crippen molar-refractivity contribution >= 4 is 11.8 Å². The van der Waals surface area contributed by atoms with Crippen LogP contribution in [0.3, 0.4) is 0 Å². The molecule has 0 saturated carbocycles. The lowest BCUT2D eigenvalue weighted by molar-refractivity contribution is 0.295. The summed E-state index contributed by atoms with van der Waals surface area (Å²) in [5.74, 6) is 2.75. The fourth-order valence-corrected chi connectivity index (χ4v) is 2.03. The normalized spacial score (nSPS) is 12.2. The third-order valence-corrected chi connectivity index (χ3v) is 3.57. The average molecular weight is 269 g/mol. The van der Waals surface area contributed by atoms with Crippen LogP contribution in [-0.4, -0.2) is 32.8 Å². The Morgan fingerprint density at radius 2 is 2.11 bits per heavy atom. The Morgan fingerprint density at radius 3 is 2.72 bits per heavy atom. The second-order valence-electron chi connectivity index (χ2n) is 4.12. The van der Waals surface area contributed by atoms with Gasteiger partial charge in [0.05, 0.1) is 13.7 Å². The molecule has 0 bridgehead atoms. The van der Waals surface area contributed by atoms with E-state index in [4.69, 9.17) is 9.47 Å². The third kappa shape index (κ3) is 4.42. The minimum Gasteiger partial charge on any atom is -0.493 e. The zero-order valence-corrected chi connectivity index (χ0v) is 12.5. The van der Waals surface area contributed by atoms with Gasteiger partial charge in [0.1, 0.15) is 0 Å². The molecular weight excluding hydrogens is 246 g/mol. The first-order chi connectivity index (χ1) is 8.72. The van der Waals surface area contributed by atoms with E-state index < -0.39 is 0 Å². The molecule has 1 atom stereocenters. The zero-order valence-electron chi connectivity index (χ0n) is 11.7. The summed E-state index contributed by atoms with van der Waals surface area (Å²) in [6.45, 7) is 2.85. The van der Waals surface area contributed by atoms with Gasteiger partial charge in [-0.15, -0.1) is 0 Å². The van der Waals surface area contributed by atoms with Gasteiger partial charge in [0.15, 0.2) is 11.5 Å². The predicted octanol–water partition coefficient (Wildman–Crippen LogP) is 3.11. The van der Waals surface area contributed by atoms with Gasteiger partial charge < -0.3 is 14.8 Å². The highest BCUT2D eigenvalue weighted by atomic mass is 32.2. The van der Waals surface area contributed by atoms with Crippen LogP contribution >= 0.6 is 11.8 Å². The van der Waals surface area contributed by atoms with Crippen LogP contribution in [0.4, 0.5) is 0 Å². The first kappa shape index (κ1) is 15.2. The topological polar surface area (TPSA) is 30.5 Å². The van der Waals surface area contributed by atoms with Crippen molar-refractivity contribution in [2.75, 3.05) is 32.8 Å². The van der Waals surface area contributed by atoms with Crippen LogP contribution < -0.4 is 14.8 Å². The van der Waals surface area contributed by atoms with E-state index in [1.54, 1.807) is 7.11 Å². The van der Waals surface area contributed by atoms with Crippen LogP contribution in [0.25, 0.3) is 0 Å². The van der Waals surface area contributed by atoms with E-state index in [1.165, 1.54) is 5.56 Å². The molecule has 0 saturated heterocycles. The summed E-state index contributed by atoms with van der Waals surface area (Å²) < 4.78 is 11.1. The van der Waals surface area contributed by atoms with Crippen molar-refractivity contribution in [3.05, 3.63) is 23.8 Å². The summed E-state index contributed by atoms with van der Waals surface area (Å²) in [6, 6.07) is 6.41. The molecule has 0 aliphatic rings. The molecule has 1 rings (SSSR count). The van der Waals surface area contributed by atoms with Crippen LogP contribution in [-0.2, 0) is 0 Å². The van der Waals surface area contributed by atoms with Gasteiger partial charge in [-0.3, -0.25) is 0 Å². The molecule has 1 aromatic carbocycles. The van der Waals surface area contributed by atoms with Crippen molar-refractivity contribution in [2.24, 2.45) is 0 Å². The fourth-order valence-electron chi connectivity index (χ4n) is 1.62. The zero-order chi connectivity index (χ0) is 13.4. The third-order valence-electron chi connectivity index (χ3n) is 2.87. The van der Waals surface area contributed by atoms with Crippen LogP contribution in [0.15, 0.2) is 18.2 Å². The highest BCUT2D eigenvalue weighted by Crippen LogP contribution is 2.30. The molecule has 1 unspecified atom stereocenters. The van der Waals surface area contributed by atoms with Crippen LogP contribution in [0.5, 0.6) is 11.5 Å². The molecule has 18 heavy (non-hydrogen) atoms. The van der Waals surface area contributed by atoms with E-state index in [0.717, 1.165) is 30.3 Å². The maximum Gasteiger partial charge on any atom is 0.161 e. The van der Waals surface area contributed by atoms with Gasteiger partial charge in [0, 0.05) is 6.04 Å². The Hall–Kier alpha value is -0.870. The molecule has 4 heteroatoms. The first-order valence-electron chi connectivity index (χ1n) is 6.19. The Morgan fingerprint density at radius 1 is 1.33 bits per heavy atom. The van der Waals surface area contributed by atoms with Gasteiger partial charge in [-0.2, -0.15) is 11.8 Å². The number of hydrogen-bond donors (Lipinski definition) is 1. The Kier molecular flexibility index (Phi) is 6.98. The van der Waals surface area contributed by atoms with E-state index in [1.807, 2.05) is 30.9 Å². The molecule has 0 heterocycles. The average Bonchev–Trinajstić information content (AvgIpc) is 2.42. The fraction of sp³-hybridized carbons (Fsp3) is 0.571. The van der Waals surface area contributed by atoms with Crippen molar-refractivity contribution in [1.82, 2.24) is 5.32 Å². The lowest BCUT2D eigenvalue weighted by Gasteiger charge is -2.15. The molecule has 0 fully saturated rings. The molecule has 0 radical (unpaired) electrons. The highest BCUT2D eigenvalue weighted by molar-refractivity contribution is 7.98. The molecule has 0 aliphatic heterocycles. The molecule has 102 valence electrons. The summed E-state index contributed by atoms with van der Waals surface area (Å²) >= 11 is 1.84. The summed E-state index contributed by atoms with van der Waals surface area (Å²) in [5.41, 5.74) is 1.20. The Labute approximate surface area is 114 Å². The van der Waals surface area contributed by atoms with Gasteiger partial charge in [-0.1, -0.05) is 6.07 Å². The van der Waals surface area contributed by atoms with Crippen LogP contribution in [0.2, 0.25) is 0 Å². The Bertz CT molecular complexity index is 358. The van der Waals surface area contributed by atoms with E-state index in [2.05, 4.69) is 24.6 Å². The number of rotatable bonds is 8. The van der Waals surface area contributed by atoms with Crippen molar-refractivity contribution < 1.29 is 9.47 Å². The molecule has 0 amide bonds. The number of methoxy groups -OCH3 is 1. The molecule has 1 aromatic rings. The van der Waals surface area contributed by atoms with E-state index in [0.29, 0.717) is 6.04 Å². The van der Waals surface area contributed by atoms with Gasteiger partial charge in [-0.25, -0.2) is 0 Å². The second kappa shape index (κ2) is 8.27. The van der Waals surface area contributed by atoms with Crippen molar-refractivity contribution in [1.29, 1.82) is 0 Å². The summed E-state index contributed by atoms with van der Waals surface area (Å²) in [4.78, 5) is 0. The number of ether oxygens (including phenoxy) is 2.